The van der Waals surface area contributed by atoms with Gasteiger partial charge in [-0.3, -0.25) is 14.1 Å². The molecule has 0 amide bonds. The van der Waals surface area contributed by atoms with Crippen molar-refractivity contribution in [1.29, 1.82) is 0 Å². The number of hydrogen-bond acceptors (Lipinski definition) is 4. The monoisotopic (exact) mass is 323 g/mol. The fraction of sp³-hybridized carbons (Fsp3) is 0.389. The zero-order valence-electron chi connectivity index (χ0n) is 14.3. The summed E-state index contributed by atoms with van der Waals surface area (Å²) < 4.78 is 3.89. The zero-order chi connectivity index (χ0) is 16.8. The highest BCUT2D eigenvalue weighted by molar-refractivity contribution is 5.39. The number of aryl methyl sites for hydroxylation is 2. The lowest BCUT2D eigenvalue weighted by Crippen LogP contribution is -2.34. The second kappa shape index (κ2) is 5.56. The third-order valence-corrected chi connectivity index (χ3v) is 4.79. The number of nitrogens with zero attached hydrogens (tertiary/aromatic N) is 5. The number of aromatic nitrogens is 4. The summed E-state index contributed by atoms with van der Waals surface area (Å²) in [6.45, 7) is 9.49. The summed E-state index contributed by atoms with van der Waals surface area (Å²) in [5, 5.41) is 0. The summed E-state index contributed by atoms with van der Waals surface area (Å²) in [5.41, 5.74) is 4.90. The molecular formula is C18H21N5O. The smallest absolute Gasteiger partial charge is 0.258 e. The largest absolute Gasteiger partial charge is 0.330 e. The molecule has 0 atom stereocenters. The molecule has 6 nitrogen and oxygen atoms in total. The molecule has 0 saturated carbocycles. The van der Waals surface area contributed by atoms with Crippen molar-refractivity contribution in [3.63, 3.8) is 0 Å². The maximum absolute atomic E-state index is 12.3. The third kappa shape index (κ3) is 2.53. The summed E-state index contributed by atoms with van der Waals surface area (Å²) in [6.07, 6.45) is 1.83. The lowest BCUT2D eigenvalue weighted by molar-refractivity contribution is 0.205. The molecule has 3 aromatic rings. The minimum Gasteiger partial charge on any atom is -0.330 e. The van der Waals surface area contributed by atoms with E-state index in [1.165, 1.54) is 5.69 Å². The molecule has 0 fully saturated rings. The molecule has 0 saturated heterocycles. The van der Waals surface area contributed by atoms with Gasteiger partial charge in [0, 0.05) is 37.6 Å². The van der Waals surface area contributed by atoms with Crippen LogP contribution in [0.2, 0.25) is 0 Å². The van der Waals surface area contributed by atoms with Gasteiger partial charge in [-0.15, -0.1) is 0 Å². The van der Waals surface area contributed by atoms with Crippen molar-refractivity contribution < 1.29 is 0 Å². The Bertz CT molecular complexity index is 985. The van der Waals surface area contributed by atoms with Crippen LogP contribution in [0.15, 0.2) is 29.2 Å². The number of imidazole rings is 1. The van der Waals surface area contributed by atoms with E-state index in [9.17, 15) is 4.79 Å². The predicted octanol–water partition coefficient (Wildman–Crippen LogP) is 1.83. The van der Waals surface area contributed by atoms with Gasteiger partial charge in [0.2, 0.25) is 0 Å². The van der Waals surface area contributed by atoms with E-state index >= 15 is 0 Å². The molecule has 1 aliphatic heterocycles. The zero-order valence-corrected chi connectivity index (χ0v) is 14.3. The maximum Gasteiger partial charge on any atom is 0.258 e. The quantitative estimate of drug-likeness (QED) is 0.722. The van der Waals surface area contributed by atoms with Gasteiger partial charge in [-0.2, -0.15) is 0 Å². The van der Waals surface area contributed by atoms with Crippen LogP contribution in [0.5, 0.6) is 0 Å². The predicted molar refractivity (Wildman–Crippen MR) is 92.0 cm³/mol. The second-order valence-corrected chi connectivity index (χ2v) is 6.58. The van der Waals surface area contributed by atoms with Crippen molar-refractivity contribution in [2.24, 2.45) is 0 Å². The third-order valence-electron chi connectivity index (χ3n) is 4.79. The standard InChI is InChI=1S/C18H21N5O/c1-12-4-5-16-20-15(8-18(24)23(16)9-12)10-21-6-7-22-14(3)13(2)19-17(22)11-21/h4-5,8-9H,6-7,10-11H2,1-3H3. The first-order valence-corrected chi connectivity index (χ1v) is 8.25. The molecule has 0 aromatic carbocycles. The summed E-state index contributed by atoms with van der Waals surface area (Å²) >= 11 is 0. The summed E-state index contributed by atoms with van der Waals surface area (Å²) in [6, 6.07) is 5.52. The Labute approximate surface area is 140 Å². The Hall–Kier alpha value is -2.47. The summed E-state index contributed by atoms with van der Waals surface area (Å²) in [4.78, 5) is 23.9. The first-order valence-electron chi connectivity index (χ1n) is 8.25. The van der Waals surface area contributed by atoms with Crippen molar-refractivity contribution >= 4 is 5.65 Å². The van der Waals surface area contributed by atoms with Crippen LogP contribution in [0, 0.1) is 20.8 Å². The highest BCUT2D eigenvalue weighted by Crippen LogP contribution is 2.18. The van der Waals surface area contributed by atoms with Crippen molar-refractivity contribution in [2.45, 2.75) is 40.4 Å². The summed E-state index contributed by atoms with van der Waals surface area (Å²) in [5.74, 6) is 1.10. The molecule has 0 radical (unpaired) electrons. The normalized spacial score (nSPS) is 15.0. The topological polar surface area (TPSA) is 55.4 Å². The molecule has 4 rings (SSSR count). The van der Waals surface area contributed by atoms with Crippen LogP contribution in [-0.2, 0) is 19.6 Å². The van der Waals surface area contributed by atoms with Crippen LogP contribution < -0.4 is 5.56 Å². The SMILES string of the molecule is Cc1ccc2nc(CN3CCn4c(nc(C)c4C)C3)cc(=O)n2c1. The van der Waals surface area contributed by atoms with Gasteiger partial charge in [-0.25, -0.2) is 9.97 Å². The van der Waals surface area contributed by atoms with Gasteiger partial charge in [0.25, 0.3) is 5.56 Å². The molecule has 4 heterocycles. The van der Waals surface area contributed by atoms with Crippen LogP contribution in [0.4, 0.5) is 0 Å². The Morgan fingerprint density at radius 3 is 2.79 bits per heavy atom. The molecule has 0 unspecified atom stereocenters. The van der Waals surface area contributed by atoms with Gasteiger partial charge in [0.1, 0.15) is 11.5 Å². The average molecular weight is 323 g/mol. The Morgan fingerprint density at radius 2 is 1.96 bits per heavy atom. The Kier molecular flexibility index (Phi) is 3.49. The van der Waals surface area contributed by atoms with E-state index in [-0.39, 0.29) is 5.56 Å². The number of rotatable bonds is 2. The van der Waals surface area contributed by atoms with Crippen molar-refractivity contribution in [3.8, 4) is 0 Å². The molecule has 1 aliphatic rings. The fourth-order valence-electron chi connectivity index (χ4n) is 3.36. The van der Waals surface area contributed by atoms with E-state index in [4.69, 9.17) is 0 Å². The Morgan fingerprint density at radius 1 is 1.12 bits per heavy atom. The van der Waals surface area contributed by atoms with E-state index in [2.05, 4.69) is 33.3 Å². The van der Waals surface area contributed by atoms with Crippen molar-refractivity contribution in [2.75, 3.05) is 6.54 Å². The van der Waals surface area contributed by atoms with Crippen LogP contribution in [-0.4, -0.2) is 30.4 Å². The Balaban J connectivity index is 1.61. The number of fused-ring (bicyclic) bond motifs is 2. The highest BCUT2D eigenvalue weighted by atomic mass is 16.1. The molecule has 0 bridgehead atoms. The molecule has 0 N–H and O–H groups in total. The molecular weight excluding hydrogens is 302 g/mol. The molecule has 0 spiro atoms. The first-order chi connectivity index (χ1) is 11.5. The van der Waals surface area contributed by atoms with Crippen LogP contribution in [0.1, 0.15) is 28.5 Å². The van der Waals surface area contributed by atoms with E-state index in [0.29, 0.717) is 12.2 Å². The average Bonchev–Trinajstić information content (AvgIpc) is 2.82. The lowest BCUT2D eigenvalue weighted by Gasteiger charge is -2.27. The molecule has 3 aromatic heterocycles. The van der Waals surface area contributed by atoms with Gasteiger partial charge in [-0.1, -0.05) is 6.07 Å². The van der Waals surface area contributed by atoms with Gasteiger partial charge < -0.3 is 4.57 Å². The van der Waals surface area contributed by atoms with Gasteiger partial charge >= 0.3 is 0 Å². The van der Waals surface area contributed by atoms with Gasteiger partial charge in [0.05, 0.1) is 17.9 Å². The van der Waals surface area contributed by atoms with Crippen LogP contribution in [0.25, 0.3) is 5.65 Å². The highest BCUT2D eigenvalue weighted by Gasteiger charge is 2.20. The fourth-order valence-corrected chi connectivity index (χ4v) is 3.36. The molecule has 124 valence electrons. The lowest BCUT2D eigenvalue weighted by atomic mass is 10.2. The van der Waals surface area contributed by atoms with Crippen molar-refractivity contribution in [3.05, 3.63) is 63.2 Å². The summed E-state index contributed by atoms with van der Waals surface area (Å²) in [7, 11) is 0. The molecule has 24 heavy (non-hydrogen) atoms. The van der Waals surface area contributed by atoms with Crippen LogP contribution >= 0.6 is 0 Å². The number of pyridine rings is 1. The van der Waals surface area contributed by atoms with Gasteiger partial charge in [-0.05, 0) is 32.4 Å². The minimum atomic E-state index is -0.0242. The van der Waals surface area contributed by atoms with E-state index in [1.54, 1.807) is 10.5 Å². The van der Waals surface area contributed by atoms with E-state index in [1.807, 2.05) is 25.3 Å². The molecule has 0 aliphatic carbocycles. The minimum absolute atomic E-state index is 0.0242. The number of hydrogen-bond donors (Lipinski definition) is 0. The van der Waals surface area contributed by atoms with E-state index in [0.717, 1.165) is 42.4 Å². The van der Waals surface area contributed by atoms with Crippen molar-refractivity contribution in [1.82, 2.24) is 23.8 Å². The first kappa shape index (κ1) is 15.1. The van der Waals surface area contributed by atoms with Gasteiger partial charge in [0.15, 0.2) is 0 Å². The molecule has 6 heteroatoms. The van der Waals surface area contributed by atoms with E-state index < -0.39 is 0 Å². The second-order valence-electron chi connectivity index (χ2n) is 6.58. The maximum atomic E-state index is 12.3. The van der Waals surface area contributed by atoms with Crippen LogP contribution in [0.3, 0.4) is 0 Å².